The number of hydrogen-bond acceptors (Lipinski definition) is 4. The zero-order valence-electron chi connectivity index (χ0n) is 18.0. The van der Waals surface area contributed by atoms with Crippen LogP contribution in [-0.2, 0) is 11.2 Å². The standard InChI is InChI=1S/C25H37NO4/c1-2-26-25(30)13-9-4-3-8-12-21-22(24(29)18-23(21)28)17-16-20(27)15-14-19-10-6-5-7-11-19/h3,5-8,10-11,16-17,20-24,27-29H,2,4,9,12-15,18H2,1H3,(H,26,30)/b8-3-,17-16+/t20-,21+,22+,23+,24-/m1/s1. The van der Waals surface area contributed by atoms with Gasteiger partial charge in [-0.3, -0.25) is 4.79 Å². The van der Waals surface area contributed by atoms with Crippen LogP contribution < -0.4 is 5.32 Å². The second-order valence-corrected chi connectivity index (χ2v) is 8.14. The number of amides is 1. The van der Waals surface area contributed by atoms with Gasteiger partial charge in [0.05, 0.1) is 18.3 Å². The maximum absolute atomic E-state index is 11.4. The maximum atomic E-state index is 11.4. The molecule has 1 aliphatic carbocycles. The molecule has 0 bridgehead atoms. The number of carbonyl (C=O) groups is 1. The Balaban J connectivity index is 1.78. The van der Waals surface area contributed by atoms with Crippen molar-refractivity contribution in [2.45, 2.75) is 70.2 Å². The lowest BCUT2D eigenvalue weighted by Gasteiger charge is -2.19. The Morgan fingerprint density at radius 2 is 1.97 bits per heavy atom. The van der Waals surface area contributed by atoms with Gasteiger partial charge in [-0.25, -0.2) is 0 Å². The average molecular weight is 416 g/mol. The van der Waals surface area contributed by atoms with Gasteiger partial charge < -0.3 is 20.6 Å². The van der Waals surface area contributed by atoms with E-state index in [0.29, 0.717) is 32.2 Å². The van der Waals surface area contributed by atoms with Crippen molar-refractivity contribution in [2.75, 3.05) is 6.54 Å². The molecule has 0 unspecified atom stereocenters. The molecule has 30 heavy (non-hydrogen) atoms. The summed E-state index contributed by atoms with van der Waals surface area (Å²) in [5.74, 6) is -0.139. The van der Waals surface area contributed by atoms with Crippen molar-refractivity contribution in [3.05, 3.63) is 60.2 Å². The van der Waals surface area contributed by atoms with Gasteiger partial charge >= 0.3 is 0 Å². The summed E-state index contributed by atoms with van der Waals surface area (Å²) >= 11 is 0. The number of benzene rings is 1. The monoisotopic (exact) mass is 415 g/mol. The van der Waals surface area contributed by atoms with Gasteiger partial charge in [0.15, 0.2) is 0 Å². The number of aryl methyl sites for hydroxylation is 1. The fourth-order valence-corrected chi connectivity index (χ4v) is 4.06. The van der Waals surface area contributed by atoms with Crippen LogP contribution >= 0.6 is 0 Å². The number of nitrogens with one attached hydrogen (secondary N) is 1. The minimum atomic E-state index is -0.589. The molecule has 0 saturated heterocycles. The van der Waals surface area contributed by atoms with Crippen LogP contribution in [0.5, 0.6) is 0 Å². The highest BCUT2D eigenvalue weighted by Crippen LogP contribution is 2.36. The van der Waals surface area contributed by atoms with Crippen molar-refractivity contribution in [3.63, 3.8) is 0 Å². The molecule has 0 spiro atoms. The number of unbranched alkanes of at least 4 members (excludes halogenated alkanes) is 1. The van der Waals surface area contributed by atoms with Crippen molar-refractivity contribution >= 4 is 5.91 Å². The summed E-state index contributed by atoms with van der Waals surface area (Å²) in [6, 6.07) is 10.1. The van der Waals surface area contributed by atoms with Crippen LogP contribution in [-0.4, -0.2) is 46.1 Å². The first-order valence-electron chi connectivity index (χ1n) is 11.2. The molecule has 1 saturated carbocycles. The van der Waals surface area contributed by atoms with Crippen molar-refractivity contribution in [1.29, 1.82) is 0 Å². The predicted octanol–water partition coefficient (Wildman–Crippen LogP) is 3.15. The highest BCUT2D eigenvalue weighted by Gasteiger charge is 2.39. The molecule has 1 aromatic carbocycles. The Bertz CT molecular complexity index is 673. The van der Waals surface area contributed by atoms with E-state index in [9.17, 15) is 20.1 Å². The predicted molar refractivity (Wildman–Crippen MR) is 120 cm³/mol. The van der Waals surface area contributed by atoms with E-state index in [0.717, 1.165) is 19.3 Å². The Kier molecular flexibility index (Phi) is 10.8. The van der Waals surface area contributed by atoms with E-state index in [1.807, 2.05) is 55.5 Å². The molecule has 0 aliphatic heterocycles. The first kappa shape index (κ1) is 24.3. The van der Waals surface area contributed by atoms with E-state index in [-0.39, 0.29) is 17.7 Å². The normalized spacial score (nSPS) is 25.2. The van der Waals surface area contributed by atoms with Crippen molar-refractivity contribution in [1.82, 2.24) is 5.32 Å². The number of allylic oxidation sites excluding steroid dienone is 2. The fraction of sp³-hybridized carbons (Fsp3) is 0.560. The van der Waals surface area contributed by atoms with E-state index in [4.69, 9.17) is 0 Å². The lowest BCUT2D eigenvalue weighted by molar-refractivity contribution is -0.121. The maximum Gasteiger partial charge on any atom is 0.219 e. The molecule has 166 valence electrons. The first-order valence-corrected chi connectivity index (χ1v) is 11.2. The number of rotatable bonds is 12. The zero-order chi connectivity index (χ0) is 21.8. The summed E-state index contributed by atoms with van der Waals surface area (Å²) < 4.78 is 0. The van der Waals surface area contributed by atoms with Gasteiger partial charge in [0.25, 0.3) is 0 Å². The van der Waals surface area contributed by atoms with E-state index in [1.54, 1.807) is 6.08 Å². The first-order chi connectivity index (χ1) is 14.5. The van der Waals surface area contributed by atoms with Crippen LogP contribution in [0.3, 0.4) is 0 Å². The van der Waals surface area contributed by atoms with Crippen molar-refractivity contribution in [2.24, 2.45) is 11.8 Å². The topological polar surface area (TPSA) is 89.8 Å². The Labute approximate surface area is 180 Å². The van der Waals surface area contributed by atoms with Gasteiger partial charge in [-0.2, -0.15) is 0 Å². The van der Waals surface area contributed by atoms with E-state index in [2.05, 4.69) is 5.32 Å². The molecular formula is C25H37NO4. The zero-order valence-corrected chi connectivity index (χ0v) is 18.0. The van der Waals surface area contributed by atoms with Crippen LogP contribution in [0.1, 0.15) is 51.0 Å². The molecule has 1 aromatic rings. The Morgan fingerprint density at radius 3 is 2.70 bits per heavy atom. The van der Waals surface area contributed by atoms with Crippen LogP contribution in [0.4, 0.5) is 0 Å². The minimum absolute atomic E-state index is 0.0581. The number of aliphatic hydroxyl groups excluding tert-OH is 3. The molecule has 0 aromatic heterocycles. The highest BCUT2D eigenvalue weighted by molar-refractivity contribution is 5.75. The SMILES string of the molecule is CCNC(=O)CCC/C=C\C[C@H]1[C@H](/C=C/[C@H](O)CCc2ccccc2)[C@H](O)C[C@@H]1O. The van der Waals surface area contributed by atoms with Crippen LogP contribution in [0.2, 0.25) is 0 Å². The molecule has 5 atom stereocenters. The Hall–Kier alpha value is -1.95. The number of carbonyl (C=O) groups excluding carboxylic acids is 1. The van der Waals surface area contributed by atoms with E-state index < -0.39 is 18.3 Å². The van der Waals surface area contributed by atoms with Crippen molar-refractivity contribution in [3.8, 4) is 0 Å². The molecule has 4 N–H and O–H groups in total. The Morgan fingerprint density at radius 1 is 1.20 bits per heavy atom. The molecule has 0 heterocycles. The summed E-state index contributed by atoms with van der Waals surface area (Å²) in [6.45, 7) is 2.57. The second-order valence-electron chi connectivity index (χ2n) is 8.14. The molecule has 0 radical (unpaired) electrons. The molecule has 1 fully saturated rings. The molecule has 1 amide bonds. The van der Waals surface area contributed by atoms with Gasteiger partial charge in [-0.15, -0.1) is 0 Å². The largest absolute Gasteiger partial charge is 0.393 e. The van der Waals surface area contributed by atoms with Crippen LogP contribution in [0, 0.1) is 11.8 Å². The minimum Gasteiger partial charge on any atom is -0.393 e. The van der Waals surface area contributed by atoms with Gasteiger partial charge in [0.2, 0.25) is 5.91 Å². The summed E-state index contributed by atoms with van der Waals surface area (Å²) in [5.41, 5.74) is 1.19. The second kappa shape index (κ2) is 13.4. The quantitative estimate of drug-likeness (QED) is 0.312. The molecule has 2 rings (SSSR count). The third-order valence-electron chi connectivity index (χ3n) is 5.77. The summed E-state index contributed by atoms with van der Waals surface area (Å²) in [6.07, 6.45) is 10.6. The third-order valence-corrected chi connectivity index (χ3v) is 5.77. The highest BCUT2D eigenvalue weighted by atomic mass is 16.3. The molecule has 5 heteroatoms. The summed E-state index contributed by atoms with van der Waals surface area (Å²) in [4.78, 5) is 11.4. The molecular weight excluding hydrogens is 378 g/mol. The van der Waals surface area contributed by atoms with Gasteiger partial charge in [0, 0.05) is 25.3 Å². The fourth-order valence-electron chi connectivity index (χ4n) is 4.06. The number of aliphatic hydroxyl groups is 3. The summed E-state index contributed by atoms with van der Waals surface area (Å²) in [5, 5.41) is 33.8. The average Bonchev–Trinajstić information content (AvgIpc) is 3.00. The van der Waals surface area contributed by atoms with Gasteiger partial charge in [0.1, 0.15) is 0 Å². The van der Waals surface area contributed by atoms with Crippen LogP contribution in [0.15, 0.2) is 54.6 Å². The van der Waals surface area contributed by atoms with Gasteiger partial charge in [-0.05, 0) is 50.5 Å². The number of hydrogen-bond donors (Lipinski definition) is 4. The lowest BCUT2D eigenvalue weighted by atomic mass is 9.89. The van der Waals surface area contributed by atoms with E-state index >= 15 is 0 Å². The van der Waals surface area contributed by atoms with Crippen molar-refractivity contribution < 1.29 is 20.1 Å². The lowest BCUT2D eigenvalue weighted by Crippen LogP contribution is -2.21. The van der Waals surface area contributed by atoms with Crippen LogP contribution in [0.25, 0.3) is 0 Å². The smallest absolute Gasteiger partial charge is 0.219 e. The van der Waals surface area contributed by atoms with E-state index in [1.165, 1.54) is 5.56 Å². The summed E-state index contributed by atoms with van der Waals surface area (Å²) in [7, 11) is 0. The molecule has 5 nitrogen and oxygen atoms in total. The third kappa shape index (κ3) is 8.42. The molecule has 1 aliphatic rings. The van der Waals surface area contributed by atoms with Gasteiger partial charge in [-0.1, -0.05) is 54.6 Å².